The SMILES string of the molecule is CCCCCCCC/C=C/CCCCCCCCCC(CC)C(CC)CCCCCCCCC/C=C/CCCCCCCC. The summed E-state index contributed by atoms with van der Waals surface area (Å²) in [5, 5.41) is 0. The number of hydrogen-bond acceptors (Lipinski definition) is 0. The van der Waals surface area contributed by atoms with Crippen molar-refractivity contribution in [3.05, 3.63) is 24.3 Å². The second-order valence-corrected chi connectivity index (χ2v) is 14.5. The summed E-state index contributed by atoms with van der Waals surface area (Å²) in [4.78, 5) is 0. The van der Waals surface area contributed by atoms with Crippen molar-refractivity contribution < 1.29 is 0 Å². The molecule has 44 heavy (non-hydrogen) atoms. The predicted octanol–water partition coefficient (Wildman–Crippen LogP) is 16.7. The molecule has 0 aliphatic heterocycles. The van der Waals surface area contributed by atoms with E-state index in [4.69, 9.17) is 0 Å². The van der Waals surface area contributed by atoms with Crippen LogP contribution in [0.5, 0.6) is 0 Å². The maximum Gasteiger partial charge on any atom is -0.0351 e. The van der Waals surface area contributed by atoms with Gasteiger partial charge in [-0.05, 0) is 63.2 Å². The average molecular weight is 615 g/mol. The van der Waals surface area contributed by atoms with E-state index in [1.165, 1.54) is 218 Å². The molecule has 0 heteroatoms. The van der Waals surface area contributed by atoms with Crippen molar-refractivity contribution >= 4 is 0 Å². The van der Waals surface area contributed by atoms with Crippen LogP contribution in [0.25, 0.3) is 0 Å². The van der Waals surface area contributed by atoms with Crippen LogP contribution < -0.4 is 0 Å². The lowest BCUT2D eigenvalue weighted by Crippen LogP contribution is -2.13. The molecule has 2 unspecified atom stereocenters. The number of rotatable bonds is 37. The second-order valence-electron chi connectivity index (χ2n) is 14.5. The van der Waals surface area contributed by atoms with E-state index in [0.717, 1.165) is 11.8 Å². The van der Waals surface area contributed by atoms with Crippen LogP contribution in [-0.4, -0.2) is 0 Å². The standard InChI is InChI=1S/C44H86/c1-5-9-11-13-15-17-19-21-23-25-27-29-31-33-35-37-39-41-43(7-3)44(8-4)42-40-38-36-34-32-30-28-26-24-22-20-18-16-14-12-10-6-2/h21-24,43-44H,5-20,25-42H2,1-4H3/b23-21+,24-22+. The topological polar surface area (TPSA) is 0 Å². The Hall–Kier alpha value is -0.520. The molecule has 0 aromatic carbocycles. The lowest BCUT2D eigenvalue weighted by atomic mass is 9.81. The molecule has 0 amide bonds. The van der Waals surface area contributed by atoms with Gasteiger partial charge in [0, 0.05) is 0 Å². The Bertz CT molecular complexity index is 506. The van der Waals surface area contributed by atoms with Crippen LogP contribution in [0.1, 0.15) is 246 Å². The Balaban J connectivity index is 3.56. The molecule has 0 aliphatic rings. The van der Waals surface area contributed by atoms with Crippen molar-refractivity contribution in [1.29, 1.82) is 0 Å². The highest BCUT2D eigenvalue weighted by Crippen LogP contribution is 2.30. The fraction of sp³-hybridized carbons (Fsp3) is 0.909. The van der Waals surface area contributed by atoms with Gasteiger partial charge in [-0.25, -0.2) is 0 Å². The fourth-order valence-corrected chi connectivity index (χ4v) is 7.21. The normalized spacial score (nSPS) is 13.5. The summed E-state index contributed by atoms with van der Waals surface area (Å²) < 4.78 is 0. The molecular weight excluding hydrogens is 528 g/mol. The lowest BCUT2D eigenvalue weighted by molar-refractivity contribution is 0.263. The van der Waals surface area contributed by atoms with Crippen LogP contribution in [0.4, 0.5) is 0 Å². The first-order chi connectivity index (χ1) is 21.8. The highest BCUT2D eigenvalue weighted by molar-refractivity contribution is 4.82. The van der Waals surface area contributed by atoms with Gasteiger partial charge < -0.3 is 0 Å². The second kappa shape index (κ2) is 38.7. The molecule has 2 atom stereocenters. The third kappa shape index (κ3) is 32.9. The van der Waals surface area contributed by atoms with Crippen molar-refractivity contribution in [2.45, 2.75) is 246 Å². The van der Waals surface area contributed by atoms with E-state index < -0.39 is 0 Å². The molecule has 0 radical (unpaired) electrons. The van der Waals surface area contributed by atoms with Gasteiger partial charge in [0.2, 0.25) is 0 Å². The van der Waals surface area contributed by atoms with Crippen LogP contribution in [0.15, 0.2) is 24.3 Å². The molecule has 0 nitrogen and oxygen atoms in total. The van der Waals surface area contributed by atoms with Gasteiger partial charge in [0.25, 0.3) is 0 Å². The molecule has 0 fully saturated rings. The fourth-order valence-electron chi connectivity index (χ4n) is 7.21. The minimum Gasteiger partial charge on any atom is -0.0885 e. The van der Waals surface area contributed by atoms with Gasteiger partial charge >= 0.3 is 0 Å². The number of unbranched alkanes of at least 4 members (excludes halogenated alkanes) is 26. The van der Waals surface area contributed by atoms with E-state index in [9.17, 15) is 0 Å². The van der Waals surface area contributed by atoms with Crippen LogP contribution in [0.2, 0.25) is 0 Å². The molecular formula is C44H86. The van der Waals surface area contributed by atoms with E-state index >= 15 is 0 Å². The summed E-state index contributed by atoms with van der Waals surface area (Å²) >= 11 is 0. The molecule has 0 rings (SSSR count). The maximum atomic E-state index is 2.46. The van der Waals surface area contributed by atoms with Gasteiger partial charge in [0.15, 0.2) is 0 Å². The number of allylic oxidation sites excluding steroid dienone is 4. The summed E-state index contributed by atoms with van der Waals surface area (Å²) in [5.41, 5.74) is 0. The summed E-state index contributed by atoms with van der Waals surface area (Å²) in [5.74, 6) is 1.97. The van der Waals surface area contributed by atoms with Crippen molar-refractivity contribution in [2.24, 2.45) is 11.8 Å². The third-order valence-electron chi connectivity index (χ3n) is 10.4. The summed E-state index contributed by atoms with van der Waals surface area (Å²) in [6.45, 7) is 9.52. The predicted molar refractivity (Wildman–Crippen MR) is 205 cm³/mol. The molecule has 0 aromatic heterocycles. The monoisotopic (exact) mass is 615 g/mol. The third-order valence-corrected chi connectivity index (χ3v) is 10.4. The molecule has 0 spiro atoms. The van der Waals surface area contributed by atoms with Gasteiger partial charge in [-0.3, -0.25) is 0 Å². The minimum absolute atomic E-state index is 0.984. The van der Waals surface area contributed by atoms with Gasteiger partial charge in [-0.2, -0.15) is 0 Å². The quantitative estimate of drug-likeness (QED) is 0.0482. The molecule has 0 saturated carbocycles. The van der Waals surface area contributed by atoms with E-state index in [0.29, 0.717) is 0 Å². The van der Waals surface area contributed by atoms with E-state index in [1.54, 1.807) is 0 Å². The van der Waals surface area contributed by atoms with Crippen molar-refractivity contribution in [3.63, 3.8) is 0 Å². The Morgan fingerprint density at radius 1 is 0.273 bits per heavy atom. The molecule has 0 saturated heterocycles. The maximum absolute atomic E-state index is 2.46. The van der Waals surface area contributed by atoms with Gasteiger partial charge in [0.1, 0.15) is 0 Å². The Morgan fingerprint density at radius 2 is 0.500 bits per heavy atom. The zero-order chi connectivity index (χ0) is 32.0. The zero-order valence-electron chi connectivity index (χ0n) is 31.5. The minimum atomic E-state index is 0.984. The van der Waals surface area contributed by atoms with Gasteiger partial charge in [0.05, 0.1) is 0 Å². The Labute approximate surface area is 281 Å². The first kappa shape index (κ1) is 43.5. The van der Waals surface area contributed by atoms with Crippen molar-refractivity contribution in [3.8, 4) is 0 Å². The molecule has 0 bridgehead atoms. The largest absolute Gasteiger partial charge is 0.0885 e. The first-order valence-electron chi connectivity index (χ1n) is 21.1. The summed E-state index contributed by atoms with van der Waals surface area (Å²) in [6.07, 6.45) is 58.2. The Morgan fingerprint density at radius 3 is 0.750 bits per heavy atom. The molecule has 0 N–H and O–H groups in total. The van der Waals surface area contributed by atoms with Crippen molar-refractivity contribution in [1.82, 2.24) is 0 Å². The first-order valence-corrected chi connectivity index (χ1v) is 21.1. The average Bonchev–Trinajstić information content (AvgIpc) is 3.04. The Kier molecular flexibility index (Phi) is 38.2. The van der Waals surface area contributed by atoms with E-state index in [2.05, 4.69) is 52.0 Å². The van der Waals surface area contributed by atoms with Crippen LogP contribution in [0.3, 0.4) is 0 Å². The van der Waals surface area contributed by atoms with Crippen molar-refractivity contribution in [2.75, 3.05) is 0 Å². The highest BCUT2D eigenvalue weighted by Gasteiger charge is 2.17. The smallest absolute Gasteiger partial charge is 0.0351 e. The van der Waals surface area contributed by atoms with Crippen LogP contribution >= 0.6 is 0 Å². The van der Waals surface area contributed by atoms with E-state index in [1.807, 2.05) is 0 Å². The summed E-state index contributed by atoms with van der Waals surface area (Å²) in [6, 6.07) is 0. The molecule has 0 aliphatic carbocycles. The van der Waals surface area contributed by atoms with Gasteiger partial charge in [-0.1, -0.05) is 219 Å². The van der Waals surface area contributed by atoms with Gasteiger partial charge in [-0.15, -0.1) is 0 Å². The number of hydrogen-bond donors (Lipinski definition) is 0. The zero-order valence-corrected chi connectivity index (χ0v) is 31.5. The molecule has 0 heterocycles. The highest BCUT2D eigenvalue weighted by atomic mass is 14.2. The van der Waals surface area contributed by atoms with Crippen LogP contribution in [-0.2, 0) is 0 Å². The molecule has 262 valence electrons. The van der Waals surface area contributed by atoms with Crippen LogP contribution in [0, 0.1) is 11.8 Å². The van der Waals surface area contributed by atoms with E-state index in [-0.39, 0.29) is 0 Å². The summed E-state index contributed by atoms with van der Waals surface area (Å²) in [7, 11) is 0. The lowest BCUT2D eigenvalue weighted by Gasteiger charge is -2.25. The molecule has 0 aromatic rings.